The van der Waals surface area contributed by atoms with Crippen LogP contribution in [0.3, 0.4) is 0 Å². The molecule has 1 aromatic rings. The average molecular weight is 210 g/mol. The highest BCUT2D eigenvalue weighted by molar-refractivity contribution is 5.03. The third-order valence-corrected chi connectivity index (χ3v) is 2.62. The van der Waals surface area contributed by atoms with Crippen LogP contribution in [-0.2, 0) is 6.54 Å². The van der Waals surface area contributed by atoms with E-state index in [-0.39, 0.29) is 11.5 Å². The van der Waals surface area contributed by atoms with Crippen LogP contribution < -0.4 is 5.73 Å². The Labute approximate surface area is 91.9 Å². The van der Waals surface area contributed by atoms with Crippen LogP contribution >= 0.6 is 0 Å². The van der Waals surface area contributed by atoms with Gasteiger partial charge in [-0.15, -0.1) is 10.2 Å². The van der Waals surface area contributed by atoms with Crippen LogP contribution in [0.2, 0.25) is 0 Å². The Kier molecular flexibility index (Phi) is 3.50. The maximum atomic E-state index is 6.19. The molecule has 4 nitrogen and oxygen atoms in total. The van der Waals surface area contributed by atoms with Gasteiger partial charge in [-0.05, 0) is 18.8 Å². The van der Waals surface area contributed by atoms with E-state index >= 15 is 0 Å². The first kappa shape index (κ1) is 12.2. The summed E-state index contributed by atoms with van der Waals surface area (Å²) < 4.78 is 2.12. The number of nitrogens with zero attached hydrogens (tertiary/aromatic N) is 3. The Morgan fingerprint density at radius 1 is 1.33 bits per heavy atom. The van der Waals surface area contributed by atoms with Crippen molar-refractivity contribution in [1.29, 1.82) is 0 Å². The van der Waals surface area contributed by atoms with Crippen molar-refractivity contribution >= 4 is 0 Å². The summed E-state index contributed by atoms with van der Waals surface area (Å²) in [6.07, 6.45) is 1.07. The molecule has 0 aromatic carbocycles. The fraction of sp³-hybridized carbons (Fsp3) is 0.818. The van der Waals surface area contributed by atoms with E-state index in [1.54, 1.807) is 0 Å². The van der Waals surface area contributed by atoms with Crippen molar-refractivity contribution in [2.75, 3.05) is 0 Å². The molecule has 86 valence electrons. The molecule has 0 spiro atoms. The highest BCUT2D eigenvalue weighted by atomic mass is 15.3. The predicted octanol–water partition coefficient (Wildman–Crippen LogP) is 2.04. The van der Waals surface area contributed by atoms with Crippen molar-refractivity contribution in [1.82, 2.24) is 14.8 Å². The highest BCUT2D eigenvalue weighted by Gasteiger charge is 2.27. The lowest BCUT2D eigenvalue weighted by atomic mass is 9.87. The van der Waals surface area contributed by atoms with Gasteiger partial charge in [0.05, 0.1) is 6.04 Å². The van der Waals surface area contributed by atoms with Gasteiger partial charge in [-0.1, -0.05) is 27.7 Å². The van der Waals surface area contributed by atoms with E-state index in [1.807, 2.05) is 6.92 Å². The molecular formula is C11H22N4. The Balaban J connectivity index is 3.03. The Hall–Kier alpha value is -0.900. The molecule has 0 saturated heterocycles. The molecule has 0 aliphatic heterocycles. The fourth-order valence-corrected chi connectivity index (χ4v) is 1.51. The van der Waals surface area contributed by atoms with Gasteiger partial charge in [-0.2, -0.15) is 0 Å². The first-order valence-corrected chi connectivity index (χ1v) is 5.53. The largest absolute Gasteiger partial charge is 0.321 e. The van der Waals surface area contributed by atoms with Crippen LogP contribution in [0.25, 0.3) is 0 Å². The van der Waals surface area contributed by atoms with Crippen molar-refractivity contribution in [3.05, 3.63) is 11.6 Å². The lowest BCUT2D eigenvalue weighted by Gasteiger charge is -2.26. The van der Waals surface area contributed by atoms with Gasteiger partial charge in [0, 0.05) is 6.54 Å². The van der Waals surface area contributed by atoms with Gasteiger partial charge in [-0.25, -0.2) is 0 Å². The van der Waals surface area contributed by atoms with Gasteiger partial charge in [-0.3, -0.25) is 0 Å². The smallest absolute Gasteiger partial charge is 0.150 e. The van der Waals surface area contributed by atoms with Crippen molar-refractivity contribution in [2.45, 2.75) is 53.6 Å². The van der Waals surface area contributed by atoms with Crippen molar-refractivity contribution in [3.63, 3.8) is 0 Å². The number of hydrogen-bond donors (Lipinski definition) is 1. The molecule has 2 N–H and O–H groups in total. The number of hydrogen-bond acceptors (Lipinski definition) is 3. The van der Waals surface area contributed by atoms with E-state index in [2.05, 4.69) is 42.5 Å². The first-order chi connectivity index (χ1) is 6.88. The summed E-state index contributed by atoms with van der Waals surface area (Å²) >= 11 is 0. The monoisotopic (exact) mass is 210 g/mol. The van der Waals surface area contributed by atoms with E-state index in [1.165, 1.54) is 0 Å². The van der Waals surface area contributed by atoms with Gasteiger partial charge < -0.3 is 10.3 Å². The average Bonchev–Trinajstić information content (AvgIpc) is 2.46. The molecule has 0 bridgehead atoms. The zero-order valence-corrected chi connectivity index (χ0v) is 10.4. The minimum absolute atomic E-state index is 0.0188. The molecular weight excluding hydrogens is 188 g/mol. The molecule has 0 saturated carbocycles. The summed E-state index contributed by atoms with van der Waals surface area (Å²) in [7, 11) is 0. The van der Waals surface area contributed by atoms with Crippen LogP contribution in [0, 0.1) is 12.3 Å². The molecule has 15 heavy (non-hydrogen) atoms. The van der Waals surface area contributed by atoms with Crippen molar-refractivity contribution in [2.24, 2.45) is 11.1 Å². The minimum Gasteiger partial charge on any atom is -0.321 e. The lowest BCUT2D eigenvalue weighted by Crippen LogP contribution is -2.29. The third kappa shape index (κ3) is 2.56. The maximum Gasteiger partial charge on any atom is 0.150 e. The molecule has 0 fully saturated rings. The normalized spacial score (nSPS) is 14.3. The molecule has 0 amide bonds. The maximum absolute atomic E-state index is 6.19. The molecule has 1 atom stereocenters. The van der Waals surface area contributed by atoms with Gasteiger partial charge in [0.25, 0.3) is 0 Å². The quantitative estimate of drug-likeness (QED) is 0.830. The van der Waals surface area contributed by atoms with Gasteiger partial charge in [0.1, 0.15) is 5.82 Å². The SMILES string of the molecule is CCCn1c(C)nnc1[C@H](N)C(C)(C)C. The van der Waals surface area contributed by atoms with Crippen LogP contribution in [0.4, 0.5) is 0 Å². The summed E-state index contributed by atoms with van der Waals surface area (Å²) in [5.41, 5.74) is 6.21. The Bertz CT molecular complexity index is 322. The molecule has 0 unspecified atom stereocenters. The summed E-state index contributed by atoms with van der Waals surface area (Å²) in [6.45, 7) is 11.4. The molecule has 0 radical (unpaired) electrons. The molecule has 0 aliphatic carbocycles. The summed E-state index contributed by atoms with van der Waals surface area (Å²) in [4.78, 5) is 0. The van der Waals surface area contributed by atoms with E-state index in [4.69, 9.17) is 5.73 Å². The van der Waals surface area contributed by atoms with Crippen LogP contribution in [0.15, 0.2) is 0 Å². The van der Waals surface area contributed by atoms with E-state index in [9.17, 15) is 0 Å². The van der Waals surface area contributed by atoms with Gasteiger partial charge in [0.15, 0.2) is 5.82 Å². The third-order valence-electron chi connectivity index (χ3n) is 2.62. The zero-order valence-electron chi connectivity index (χ0n) is 10.4. The second kappa shape index (κ2) is 4.31. The van der Waals surface area contributed by atoms with Gasteiger partial charge in [0.2, 0.25) is 0 Å². The summed E-state index contributed by atoms with van der Waals surface area (Å²) in [5, 5.41) is 8.29. The predicted molar refractivity (Wildman–Crippen MR) is 61.4 cm³/mol. The standard InChI is InChI=1S/C11H22N4/c1-6-7-15-8(2)13-14-10(15)9(12)11(3,4)5/h9H,6-7,12H2,1-5H3/t9-/m0/s1. The van der Waals surface area contributed by atoms with E-state index in [0.29, 0.717) is 0 Å². The first-order valence-electron chi connectivity index (χ1n) is 5.53. The summed E-state index contributed by atoms with van der Waals surface area (Å²) in [6, 6.07) is -0.0646. The molecule has 0 aliphatic rings. The molecule has 1 heterocycles. The second-order valence-corrected chi connectivity index (χ2v) is 5.10. The molecule has 4 heteroatoms. The number of aromatic nitrogens is 3. The van der Waals surface area contributed by atoms with Crippen LogP contribution in [0.1, 0.15) is 51.8 Å². The van der Waals surface area contributed by atoms with Crippen molar-refractivity contribution < 1.29 is 0 Å². The Morgan fingerprint density at radius 3 is 2.40 bits per heavy atom. The van der Waals surface area contributed by atoms with Crippen LogP contribution in [0.5, 0.6) is 0 Å². The van der Waals surface area contributed by atoms with Gasteiger partial charge >= 0.3 is 0 Å². The topological polar surface area (TPSA) is 56.7 Å². The molecule has 1 aromatic heterocycles. The number of nitrogens with two attached hydrogens (primary N) is 1. The zero-order chi connectivity index (χ0) is 11.6. The van der Waals surface area contributed by atoms with E-state index < -0.39 is 0 Å². The highest BCUT2D eigenvalue weighted by Crippen LogP contribution is 2.29. The van der Waals surface area contributed by atoms with Crippen molar-refractivity contribution in [3.8, 4) is 0 Å². The number of aryl methyl sites for hydroxylation is 1. The van der Waals surface area contributed by atoms with E-state index in [0.717, 1.165) is 24.6 Å². The Morgan fingerprint density at radius 2 is 1.93 bits per heavy atom. The van der Waals surface area contributed by atoms with Crippen LogP contribution in [-0.4, -0.2) is 14.8 Å². The fourth-order valence-electron chi connectivity index (χ4n) is 1.51. The summed E-state index contributed by atoms with van der Waals surface area (Å²) in [5.74, 6) is 1.86. The lowest BCUT2D eigenvalue weighted by molar-refractivity contribution is 0.306. The number of rotatable bonds is 3. The second-order valence-electron chi connectivity index (χ2n) is 5.10. The molecule has 1 rings (SSSR count). The minimum atomic E-state index is -0.0646.